The Balaban J connectivity index is 1.71. The van der Waals surface area contributed by atoms with Crippen molar-refractivity contribution < 1.29 is 27.8 Å². The van der Waals surface area contributed by atoms with Gasteiger partial charge in [0.05, 0.1) is 18.3 Å². The highest BCUT2D eigenvalue weighted by molar-refractivity contribution is 5.78. The number of benzene rings is 1. The molecule has 0 spiro atoms. The Labute approximate surface area is 203 Å². The predicted octanol–water partition coefficient (Wildman–Crippen LogP) is 3.29. The van der Waals surface area contributed by atoms with E-state index in [0.717, 1.165) is 6.07 Å². The van der Waals surface area contributed by atoms with E-state index < -0.39 is 23.8 Å². The Morgan fingerprint density at radius 1 is 1.17 bits per heavy atom. The van der Waals surface area contributed by atoms with Crippen molar-refractivity contribution in [1.29, 1.82) is 0 Å². The molecule has 8 nitrogen and oxygen atoms in total. The van der Waals surface area contributed by atoms with Crippen LogP contribution < -0.4 is 20.7 Å². The summed E-state index contributed by atoms with van der Waals surface area (Å²) in [6.45, 7) is 8.01. The maximum atomic E-state index is 15.3. The van der Waals surface area contributed by atoms with Crippen molar-refractivity contribution in [2.24, 2.45) is 5.92 Å². The first kappa shape index (κ1) is 26.5. The zero-order valence-electron chi connectivity index (χ0n) is 20.4. The second-order valence-electron chi connectivity index (χ2n) is 8.93. The molecule has 0 aliphatic carbocycles. The summed E-state index contributed by atoms with van der Waals surface area (Å²) in [6, 6.07) is 5.33. The van der Waals surface area contributed by atoms with Crippen LogP contribution in [0.2, 0.25) is 0 Å². The van der Waals surface area contributed by atoms with Crippen LogP contribution in [-0.2, 0) is 20.9 Å². The zero-order chi connectivity index (χ0) is 25.5. The number of amides is 2. The third kappa shape index (κ3) is 7.19. The third-order valence-corrected chi connectivity index (χ3v) is 5.48. The molecule has 1 fully saturated rings. The number of nitrogens with zero attached hydrogens (tertiary/aromatic N) is 1. The van der Waals surface area contributed by atoms with Gasteiger partial charge in [-0.3, -0.25) is 14.9 Å². The van der Waals surface area contributed by atoms with Gasteiger partial charge in [0.1, 0.15) is 24.4 Å². The maximum absolute atomic E-state index is 15.3. The molecule has 2 atom stereocenters. The van der Waals surface area contributed by atoms with Crippen molar-refractivity contribution in [3.8, 4) is 5.88 Å². The van der Waals surface area contributed by atoms with Gasteiger partial charge in [-0.05, 0) is 25.5 Å². The lowest BCUT2D eigenvalue weighted by atomic mass is 9.98. The average molecular weight is 491 g/mol. The fourth-order valence-electron chi connectivity index (χ4n) is 3.59. The highest BCUT2D eigenvalue weighted by atomic mass is 19.1. The molecule has 1 saturated heterocycles. The number of carbonyl (C=O) groups excluding carboxylic acids is 2. The summed E-state index contributed by atoms with van der Waals surface area (Å²) in [5.74, 6) is -2.08. The monoisotopic (exact) mass is 490 g/mol. The van der Waals surface area contributed by atoms with Gasteiger partial charge in [0.15, 0.2) is 0 Å². The van der Waals surface area contributed by atoms with Crippen LogP contribution in [0.1, 0.15) is 63.0 Å². The van der Waals surface area contributed by atoms with Gasteiger partial charge in [-0.2, -0.15) is 0 Å². The van der Waals surface area contributed by atoms with Gasteiger partial charge in [-0.25, -0.2) is 13.8 Å². The number of hydrogen-bond donors (Lipinski definition) is 3. The molecule has 2 amide bonds. The molecule has 2 unspecified atom stereocenters. The van der Waals surface area contributed by atoms with Gasteiger partial charge >= 0.3 is 0 Å². The Hall–Kier alpha value is -3.11. The van der Waals surface area contributed by atoms with Crippen molar-refractivity contribution in [1.82, 2.24) is 20.9 Å². The first-order valence-corrected chi connectivity index (χ1v) is 11.7. The molecule has 1 aromatic heterocycles. The minimum atomic E-state index is -1.09. The number of nitrogens with one attached hydrogen (secondary N) is 3. The molecule has 1 aromatic carbocycles. The van der Waals surface area contributed by atoms with Gasteiger partial charge in [0, 0.05) is 42.8 Å². The molecule has 3 N–H and O–H groups in total. The fourth-order valence-corrected chi connectivity index (χ4v) is 3.59. The summed E-state index contributed by atoms with van der Waals surface area (Å²) in [7, 11) is 0. The highest BCUT2D eigenvalue weighted by Gasteiger charge is 2.32. The van der Waals surface area contributed by atoms with E-state index in [1.165, 1.54) is 6.07 Å². The number of halogens is 2. The first-order valence-electron chi connectivity index (χ1n) is 11.7. The summed E-state index contributed by atoms with van der Waals surface area (Å²) < 4.78 is 40.9. The normalized spacial score (nSPS) is 18.0. The quantitative estimate of drug-likeness (QED) is 0.442. The van der Waals surface area contributed by atoms with Gasteiger partial charge in [0.2, 0.25) is 17.7 Å². The molecule has 1 aliphatic heterocycles. The van der Waals surface area contributed by atoms with Gasteiger partial charge in [-0.1, -0.05) is 26.0 Å². The predicted molar refractivity (Wildman–Crippen MR) is 125 cm³/mol. The molecule has 35 heavy (non-hydrogen) atoms. The Bertz CT molecular complexity index is 1030. The zero-order valence-corrected chi connectivity index (χ0v) is 20.4. The average Bonchev–Trinajstić information content (AvgIpc) is 2.81. The molecule has 2 heterocycles. The number of pyridine rings is 1. The van der Waals surface area contributed by atoms with Gasteiger partial charge in [0.25, 0.3) is 0 Å². The first-order chi connectivity index (χ1) is 16.7. The van der Waals surface area contributed by atoms with Crippen molar-refractivity contribution in [2.45, 2.75) is 59.0 Å². The van der Waals surface area contributed by atoms with E-state index in [1.54, 1.807) is 32.2 Å². The van der Waals surface area contributed by atoms with Crippen molar-refractivity contribution in [3.63, 3.8) is 0 Å². The molecule has 10 heteroatoms. The van der Waals surface area contributed by atoms with Crippen molar-refractivity contribution >= 4 is 11.8 Å². The van der Waals surface area contributed by atoms with Crippen LogP contribution >= 0.6 is 0 Å². The molecular formula is C25H32F2N4O4. The lowest BCUT2D eigenvalue weighted by Gasteiger charge is -2.32. The smallest absolute Gasteiger partial charge is 0.223 e. The largest absolute Gasteiger partial charge is 0.475 e. The summed E-state index contributed by atoms with van der Waals surface area (Å²) >= 11 is 0. The SMILES string of the molecule is CC(C)OCCOc1ccc(C2CC(=O)NC(c3c(F)ccc(CNC(=O)C(C)C)c3F)N2)cn1. The fraction of sp³-hybridized carbons (Fsp3) is 0.480. The third-order valence-electron chi connectivity index (χ3n) is 5.48. The van der Waals surface area contributed by atoms with E-state index in [2.05, 4.69) is 20.9 Å². The number of ether oxygens (including phenoxy) is 2. The van der Waals surface area contributed by atoms with Crippen LogP contribution in [0.3, 0.4) is 0 Å². The van der Waals surface area contributed by atoms with E-state index in [0.29, 0.717) is 24.7 Å². The molecule has 0 bridgehead atoms. The molecule has 3 rings (SSSR count). The molecule has 190 valence electrons. The Kier molecular flexibility index (Phi) is 9.11. The van der Waals surface area contributed by atoms with Crippen molar-refractivity contribution in [2.75, 3.05) is 13.2 Å². The van der Waals surface area contributed by atoms with Gasteiger partial charge in [-0.15, -0.1) is 0 Å². The topological polar surface area (TPSA) is 102 Å². The van der Waals surface area contributed by atoms with Crippen LogP contribution in [0.4, 0.5) is 8.78 Å². The lowest BCUT2D eigenvalue weighted by molar-refractivity contribution is -0.125. The van der Waals surface area contributed by atoms with Crippen LogP contribution in [0.15, 0.2) is 30.5 Å². The minimum absolute atomic E-state index is 0.0774. The van der Waals surface area contributed by atoms with Crippen LogP contribution in [0.5, 0.6) is 5.88 Å². The number of carbonyl (C=O) groups is 2. The molecule has 1 aliphatic rings. The Morgan fingerprint density at radius 3 is 2.60 bits per heavy atom. The van der Waals surface area contributed by atoms with Crippen LogP contribution in [-0.4, -0.2) is 36.1 Å². The second kappa shape index (κ2) is 12.0. The summed E-state index contributed by atoms with van der Waals surface area (Å²) in [5, 5.41) is 8.32. The van der Waals surface area contributed by atoms with E-state index >= 15 is 4.39 Å². The van der Waals surface area contributed by atoms with E-state index in [9.17, 15) is 14.0 Å². The summed E-state index contributed by atoms with van der Waals surface area (Å²) in [4.78, 5) is 28.5. The van der Waals surface area contributed by atoms with Crippen LogP contribution in [0.25, 0.3) is 0 Å². The molecule has 2 aromatic rings. The highest BCUT2D eigenvalue weighted by Crippen LogP contribution is 2.29. The van der Waals surface area contributed by atoms with E-state index in [-0.39, 0.29) is 47.9 Å². The summed E-state index contributed by atoms with van der Waals surface area (Å²) in [6.07, 6.45) is 0.663. The molecular weight excluding hydrogens is 458 g/mol. The standard InChI is InChI=1S/C25H32F2N4O4/c1-14(2)25(33)29-13-17-5-7-18(26)22(23(17)27)24-30-19(11-20(32)31-24)16-6-8-21(28-12-16)35-10-9-34-15(3)4/h5-8,12,14-15,19,24,30H,9-11,13H2,1-4H3,(H,29,33)(H,31,32). The van der Waals surface area contributed by atoms with Crippen LogP contribution in [0, 0.1) is 17.6 Å². The maximum Gasteiger partial charge on any atom is 0.223 e. The second-order valence-corrected chi connectivity index (χ2v) is 8.93. The van der Waals surface area contributed by atoms with Gasteiger partial charge < -0.3 is 20.1 Å². The Morgan fingerprint density at radius 2 is 1.94 bits per heavy atom. The van der Waals surface area contributed by atoms with Crippen molar-refractivity contribution in [3.05, 3.63) is 58.8 Å². The van der Waals surface area contributed by atoms with E-state index in [4.69, 9.17) is 9.47 Å². The van der Waals surface area contributed by atoms with E-state index in [1.807, 2.05) is 13.8 Å². The lowest BCUT2D eigenvalue weighted by Crippen LogP contribution is -2.47. The number of aromatic nitrogens is 1. The summed E-state index contributed by atoms with van der Waals surface area (Å²) in [5.41, 5.74) is 0.493. The minimum Gasteiger partial charge on any atom is -0.475 e. The molecule has 0 saturated carbocycles. The molecule has 0 radical (unpaired) electrons. The number of rotatable bonds is 10. The number of hydrogen-bond acceptors (Lipinski definition) is 6.